The Morgan fingerprint density at radius 1 is 1.30 bits per heavy atom. The minimum absolute atomic E-state index is 0.145. The standard InChI is InChI=1S/C15H21FN2O2/c1-12(19)13-3-4-15(14(16)11-13)20-10-9-18-7-5-17(2)6-8-18/h3-4,11H,5-10H2,1-2H3. The molecule has 0 bridgehead atoms. The molecule has 0 saturated carbocycles. The maximum atomic E-state index is 13.7. The van der Waals surface area contributed by atoms with Gasteiger partial charge in [0, 0.05) is 38.3 Å². The van der Waals surface area contributed by atoms with Crippen molar-refractivity contribution in [2.75, 3.05) is 46.4 Å². The van der Waals surface area contributed by atoms with Crippen LogP contribution in [0.3, 0.4) is 0 Å². The average molecular weight is 280 g/mol. The first kappa shape index (κ1) is 14.9. The van der Waals surface area contributed by atoms with Gasteiger partial charge in [-0.3, -0.25) is 9.69 Å². The fourth-order valence-electron chi connectivity index (χ4n) is 2.19. The van der Waals surface area contributed by atoms with E-state index in [9.17, 15) is 9.18 Å². The van der Waals surface area contributed by atoms with Crippen LogP contribution in [0.1, 0.15) is 17.3 Å². The van der Waals surface area contributed by atoms with Gasteiger partial charge in [-0.25, -0.2) is 4.39 Å². The van der Waals surface area contributed by atoms with E-state index in [0.717, 1.165) is 32.7 Å². The SMILES string of the molecule is CC(=O)c1ccc(OCCN2CCN(C)CC2)c(F)c1. The predicted octanol–water partition coefficient (Wildman–Crippen LogP) is 1.65. The Hall–Kier alpha value is -1.46. The van der Waals surface area contributed by atoms with Crippen LogP contribution in [0.4, 0.5) is 4.39 Å². The molecule has 1 aliphatic rings. The summed E-state index contributed by atoms with van der Waals surface area (Å²) in [5.74, 6) is -0.409. The van der Waals surface area contributed by atoms with E-state index in [1.807, 2.05) is 0 Å². The molecule has 0 aliphatic carbocycles. The molecule has 2 rings (SSSR count). The smallest absolute Gasteiger partial charge is 0.165 e. The van der Waals surface area contributed by atoms with Gasteiger partial charge in [0.15, 0.2) is 17.3 Å². The first-order valence-corrected chi connectivity index (χ1v) is 6.90. The van der Waals surface area contributed by atoms with Crippen molar-refractivity contribution in [3.63, 3.8) is 0 Å². The number of halogens is 1. The van der Waals surface area contributed by atoms with Gasteiger partial charge in [-0.05, 0) is 32.2 Å². The third-order valence-electron chi connectivity index (χ3n) is 3.60. The molecule has 20 heavy (non-hydrogen) atoms. The summed E-state index contributed by atoms with van der Waals surface area (Å²) in [5.41, 5.74) is 0.369. The van der Waals surface area contributed by atoms with Crippen molar-refractivity contribution in [3.8, 4) is 5.75 Å². The van der Waals surface area contributed by atoms with Gasteiger partial charge >= 0.3 is 0 Å². The molecule has 1 fully saturated rings. The molecule has 0 amide bonds. The van der Waals surface area contributed by atoms with Crippen molar-refractivity contribution in [1.29, 1.82) is 0 Å². The second-order valence-corrected chi connectivity index (χ2v) is 5.19. The van der Waals surface area contributed by atoms with E-state index in [2.05, 4.69) is 16.8 Å². The molecule has 0 radical (unpaired) electrons. The van der Waals surface area contributed by atoms with Crippen molar-refractivity contribution in [2.24, 2.45) is 0 Å². The quantitative estimate of drug-likeness (QED) is 0.768. The number of rotatable bonds is 5. The second kappa shape index (κ2) is 6.81. The molecule has 0 unspecified atom stereocenters. The summed E-state index contributed by atoms with van der Waals surface area (Å²) < 4.78 is 19.2. The van der Waals surface area contributed by atoms with Gasteiger partial charge < -0.3 is 9.64 Å². The summed E-state index contributed by atoms with van der Waals surface area (Å²) >= 11 is 0. The van der Waals surface area contributed by atoms with Crippen LogP contribution in [0.5, 0.6) is 5.75 Å². The lowest BCUT2D eigenvalue weighted by molar-refractivity contribution is 0.101. The topological polar surface area (TPSA) is 32.8 Å². The van der Waals surface area contributed by atoms with Gasteiger partial charge in [0.1, 0.15) is 6.61 Å². The van der Waals surface area contributed by atoms with Crippen LogP contribution < -0.4 is 4.74 Å². The highest BCUT2D eigenvalue weighted by Crippen LogP contribution is 2.18. The van der Waals surface area contributed by atoms with E-state index in [1.54, 1.807) is 6.07 Å². The number of benzene rings is 1. The van der Waals surface area contributed by atoms with Crippen LogP contribution in [0.2, 0.25) is 0 Å². The maximum Gasteiger partial charge on any atom is 0.165 e. The largest absolute Gasteiger partial charge is 0.489 e. The Labute approximate surface area is 119 Å². The zero-order valence-electron chi connectivity index (χ0n) is 12.1. The fraction of sp³-hybridized carbons (Fsp3) is 0.533. The Morgan fingerprint density at radius 3 is 2.60 bits per heavy atom. The van der Waals surface area contributed by atoms with E-state index in [4.69, 9.17) is 4.74 Å². The molecule has 5 heteroatoms. The lowest BCUT2D eigenvalue weighted by Gasteiger charge is -2.32. The summed E-state index contributed by atoms with van der Waals surface area (Å²) in [5, 5.41) is 0. The van der Waals surface area contributed by atoms with Crippen molar-refractivity contribution in [2.45, 2.75) is 6.92 Å². The molecule has 0 atom stereocenters. The molecule has 4 nitrogen and oxygen atoms in total. The van der Waals surface area contributed by atoms with Gasteiger partial charge in [0.05, 0.1) is 0 Å². The third kappa shape index (κ3) is 4.02. The van der Waals surface area contributed by atoms with Gasteiger partial charge in [0.25, 0.3) is 0 Å². The highest BCUT2D eigenvalue weighted by molar-refractivity contribution is 5.94. The maximum absolute atomic E-state index is 13.7. The number of piperazine rings is 1. The Morgan fingerprint density at radius 2 is 2.00 bits per heavy atom. The van der Waals surface area contributed by atoms with E-state index >= 15 is 0 Å². The predicted molar refractivity (Wildman–Crippen MR) is 75.8 cm³/mol. The summed E-state index contributed by atoms with van der Waals surface area (Å²) in [6.45, 7) is 6.82. The number of Topliss-reactive ketones (excluding diaryl/α,β-unsaturated/α-hetero) is 1. The van der Waals surface area contributed by atoms with Crippen LogP contribution in [-0.4, -0.2) is 62.0 Å². The molecular weight excluding hydrogens is 259 g/mol. The second-order valence-electron chi connectivity index (χ2n) is 5.19. The fourth-order valence-corrected chi connectivity index (χ4v) is 2.19. The highest BCUT2D eigenvalue weighted by Gasteiger charge is 2.14. The van der Waals surface area contributed by atoms with Crippen LogP contribution in [0.15, 0.2) is 18.2 Å². The zero-order chi connectivity index (χ0) is 14.5. The summed E-state index contributed by atoms with van der Waals surface area (Å²) in [7, 11) is 2.11. The number of ether oxygens (including phenoxy) is 1. The Bertz CT molecular complexity index is 471. The summed E-state index contributed by atoms with van der Waals surface area (Å²) in [6, 6.07) is 4.35. The van der Waals surface area contributed by atoms with Crippen molar-refractivity contribution in [3.05, 3.63) is 29.6 Å². The summed E-state index contributed by atoms with van der Waals surface area (Å²) in [6.07, 6.45) is 0. The van der Waals surface area contributed by atoms with Crippen LogP contribution in [0.25, 0.3) is 0 Å². The molecule has 1 aromatic rings. The lowest BCUT2D eigenvalue weighted by Crippen LogP contribution is -2.45. The van der Waals surface area contributed by atoms with Crippen LogP contribution >= 0.6 is 0 Å². The van der Waals surface area contributed by atoms with E-state index in [1.165, 1.54) is 19.1 Å². The monoisotopic (exact) mass is 280 g/mol. The first-order chi connectivity index (χ1) is 9.56. The third-order valence-corrected chi connectivity index (χ3v) is 3.60. The molecule has 1 aliphatic heterocycles. The molecule has 0 N–H and O–H groups in total. The zero-order valence-corrected chi connectivity index (χ0v) is 12.1. The van der Waals surface area contributed by atoms with Crippen molar-refractivity contribution >= 4 is 5.78 Å². The molecule has 1 saturated heterocycles. The minimum Gasteiger partial charge on any atom is -0.489 e. The van der Waals surface area contributed by atoms with Crippen molar-refractivity contribution < 1.29 is 13.9 Å². The number of ketones is 1. The molecular formula is C15H21FN2O2. The van der Waals surface area contributed by atoms with Gasteiger partial charge in [0.2, 0.25) is 0 Å². The van der Waals surface area contributed by atoms with E-state index in [0.29, 0.717) is 12.2 Å². The van der Waals surface area contributed by atoms with Gasteiger partial charge in [-0.15, -0.1) is 0 Å². The number of carbonyl (C=O) groups is 1. The number of hydrogen-bond acceptors (Lipinski definition) is 4. The Kier molecular flexibility index (Phi) is 5.09. The first-order valence-electron chi connectivity index (χ1n) is 6.90. The van der Waals surface area contributed by atoms with E-state index < -0.39 is 5.82 Å². The average Bonchev–Trinajstić information content (AvgIpc) is 2.42. The minimum atomic E-state index is -0.476. The molecule has 1 aromatic carbocycles. The molecule has 0 aromatic heterocycles. The Balaban J connectivity index is 1.81. The van der Waals surface area contributed by atoms with Gasteiger partial charge in [-0.1, -0.05) is 0 Å². The number of carbonyl (C=O) groups excluding carboxylic acids is 1. The van der Waals surface area contributed by atoms with E-state index in [-0.39, 0.29) is 11.5 Å². The van der Waals surface area contributed by atoms with Crippen molar-refractivity contribution in [1.82, 2.24) is 9.80 Å². The molecule has 0 spiro atoms. The number of nitrogens with zero attached hydrogens (tertiary/aromatic N) is 2. The molecule has 1 heterocycles. The lowest BCUT2D eigenvalue weighted by atomic mass is 10.1. The normalized spacial score (nSPS) is 17.1. The van der Waals surface area contributed by atoms with Crippen LogP contribution in [-0.2, 0) is 0 Å². The summed E-state index contributed by atoms with van der Waals surface area (Å²) in [4.78, 5) is 15.7. The highest BCUT2D eigenvalue weighted by atomic mass is 19.1. The number of likely N-dealkylation sites (N-methyl/N-ethyl adjacent to an activating group) is 1. The van der Waals surface area contributed by atoms with Crippen LogP contribution in [0, 0.1) is 5.82 Å². The number of hydrogen-bond donors (Lipinski definition) is 0. The molecule has 110 valence electrons. The van der Waals surface area contributed by atoms with Gasteiger partial charge in [-0.2, -0.15) is 0 Å².